The Morgan fingerprint density at radius 1 is 1.05 bits per heavy atom. The van der Waals surface area contributed by atoms with Crippen molar-refractivity contribution < 1.29 is 19.3 Å². The van der Waals surface area contributed by atoms with Gasteiger partial charge in [0.1, 0.15) is 35.1 Å². The Labute approximate surface area is 255 Å². The quantitative estimate of drug-likeness (QED) is 0.147. The highest BCUT2D eigenvalue weighted by Gasteiger charge is 2.21. The zero-order chi connectivity index (χ0) is 30.7. The molecule has 1 N–H and O–H groups in total. The third-order valence-electron chi connectivity index (χ3n) is 7.47. The van der Waals surface area contributed by atoms with Crippen LogP contribution in [0.15, 0.2) is 49.1 Å². The summed E-state index contributed by atoms with van der Waals surface area (Å²) < 4.78 is 21.2. The Morgan fingerprint density at radius 2 is 1.86 bits per heavy atom. The van der Waals surface area contributed by atoms with E-state index in [9.17, 15) is 5.11 Å². The third kappa shape index (κ3) is 6.43. The van der Waals surface area contributed by atoms with Crippen LogP contribution in [0.3, 0.4) is 0 Å². The van der Waals surface area contributed by atoms with Gasteiger partial charge in [-0.15, -0.1) is 0 Å². The highest BCUT2D eigenvalue weighted by atomic mass is 32.2. The lowest BCUT2D eigenvalue weighted by molar-refractivity contribution is 0.0920. The predicted molar refractivity (Wildman–Crippen MR) is 174 cm³/mol. The minimum Gasteiger partial charge on any atom is -0.497 e. The van der Waals surface area contributed by atoms with Gasteiger partial charge in [-0.2, -0.15) is 0 Å². The molecule has 0 aliphatic carbocycles. The van der Waals surface area contributed by atoms with Crippen molar-refractivity contribution in [2.75, 3.05) is 51.0 Å². The van der Waals surface area contributed by atoms with E-state index in [0.29, 0.717) is 30.8 Å². The minimum absolute atomic E-state index is 0.0829. The summed E-state index contributed by atoms with van der Waals surface area (Å²) >= 11 is 0. The van der Waals surface area contributed by atoms with Crippen molar-refractivity contribution in [1.29, 1.82) is 0 Å². The molecule has 0 aliphatic heterocycles. The van der Waals surface area contributed by atoms with E-state index in [-0.39, 0.29) is 12.6 Å². The molecule has 0 unspecified atom stereocenters. The molecule has 10 nitrogen and oxygen atoms in total. The van der Waals surface area contributed by atoms with Crippen molar-refractivity contribution in [2.24, 2.45) is 0 Å². The van der Waals surface area contributed by atoms with Gasteiger partial charge >= 0.3 is 0 Å². The number of hydrogen-bond acceptors (Lipinski definition) is 8. The van der Waals surface area contributed by atoms with Crippen molar-refractivity contribution in [3.8, 4) is 22.8 Å². The lowest BCUT2D eigenvalue weighted by Crippen LogP contribution is -2.18. The molecular weight excluding hydrogens is 564 g/mol. The summed E-state index contributed by atoms with van der Waals surface area (Å²) in [4.78, 5) is 16.8. The van der Waals surface area contributed by atoms with E-state index < -0.39 is 0 Å². The van der Waals surface area contributed by atoms with Crippen LogP contribution in [0.5, 0.6) is 11.5 Å². The lowest BCUT2D eigenvalue weighted by atomic mass is 10.1. The number of aliphatic hydroxyl groups excluding tert-OH is 1. The molecule has 0 radical (unpaired) electrons. The number of ether oxygens (including phenoxy) is 3. The van der Waals surface area contributed by atoms with Gasteiger partial charge < -0.3 is 28.8 Å². The van der Waals surface area contributed by atoms with Gasteiger partial charge in [0.25, 0.3) is 0 Å². The van der Waals surface area contributed by atoms with E-state index in [1.54, 1.807) is 26.7 Å². The van der Waals surface area contributed by atoms with E-state index in [1.165, 1.54) is 0 Å². The van der Waals surface area contributed by atoms with Gasteiger partial charge in [-0.05, 0) is 54.6 Å². The molecule has 0 atom stereocenters. The molecule has 0 amide bonds. The fourth-order valence-corrected chi connectivity index (χ4v) is 5.56. The molecule has 5 aromatic rings. The third-order valence-corrected chi connectivity index (χ3v) is 8.46. The summed E-state index contributed by atoms with van der Waals surface area (Å²) in [6.07, 6.45) is 10.1. The Morgan fingerprint density at radius 3 is 2.56 bits per heavy atom. The first-order chi connectivity index (χ1) is 20.7. The van der Waals surface area contributed by atoms with Gasteiger partial charge in [-0.25, -0.2) is 15.0 Å². The fourth-order valence-electron chi connectivity index (χ4n) is 5.11. The first-order valence-corrected chi connectivity index (χ1v) is 16.5. The maximum Gasteiger partial charge on any atom is 0.164 e. The van der Waals surface area contributed by atoms with E-state index in [0.717, 1.165) is 67.5 Å². The summed E-state index contributed by atoms with van der Waals surface area (Å²) in [5, 5.41) is 10.8. The zero-order valence-electron chi connectivity index (χ0n) is 26.0. The van der Waals surface area contributed by atoms with Gasteiger partial charge in [0, 0.05) is 54.6 Å². The van der Waals surface area contributed by atoms with Gasteiger partial charge in [-0.3, -0.25) is 4.57 Å². The van der Waals surface area contributed by atoms with Crippen LogP contribution in [0.25, 0.3) is 33.5 Å². The van der Waals surface area contributed by atoms with E-state index in [2.05, 4.69) is 48.1 Å². The van der Waals surface area contributed by atoms with Crippen LogP contribution >= 0.6 is 0 Å². The van der Waals surface area contributed by atoms with Gasteiger partial charge in [0.2, 0.25) is 0 Å². The first kappa shape index (κ1) is 30.7. The molecule has 0 fully saturated rings. The largest absolute Gasteiger partial charge is 0.497 e. The number of anilines is 1. The summed E-state index contributed by atoms with van der Waals surface area (Å²) in [7, 11) is 5.67. The van der Waals surface area contributed by atoms with Crippen LogP contribution in [-0.2, 0) is 35.5 Å². The number of methoxy groups -OCH3 is 2. The Balaban J connectivity index is 1.64. The normalized spacial score (nSPS) is 11.8. The highest BCUT2D eigenvalue weighted by Crippen LogP contribution is 2.36. The minimum atomic E-state index is -0.0829. The van der Waals surface area contributed by atoms with Gasteiger partial charge in [0.15, 0.2) is 5.65 Å². The van der Waals surface area contributed by atoms with Crippen LogP contribution < -0.4 is 14.4 Å². The van der Waals surface area contributed by atoms with Crippen molar-refractivity contribution >= 4 is 38.8 Å². The second-order valence-electron chi connectivity index (χ2n) is 11.1. The van der Waals surface area contributed by atoms with Crippen molar-refractivity contribution in [3.05, 3.63) is 60.2 Å². The molecule has 43 heavy (non-hydrogen) atoms. The number of fused-ring (bicyclic) bond motifs is 2. The molecule has 0 spiro atoms. The van der Waals surface area contributed by atoms with Crippen molar-refractivity contribution in [3.63, 3.8) is 0 Å². The molecule has 0 bridgehead atoms. The monoisotopic (exact) mass is 605 g/mol. The molecule has 1 aromatic carbocycles. The number of nitrogens with zero attached hydrogens (tertiary/aromatic N) is 6. The van der Waals surface area contributed by atoms with E-state index in [4.69, 9.17) is 29.2 Å². The average molecular weight is 606 g/mol. The van der Waals surface area contributed by atoms with E-state index >= 15 is 0 Å². The van der Waals surface area contributed by atoms with Crippen LogP contribution in [-0.4, -0.2) is 75.3 Å². The van der Waals surface area contributed by atoms with E-state index in [1.807, 2.05) is 35.9 Å². The number of imidazole rings is 1. The molecular formula is C32H41N6O4S+. The fraction of sp³-hybridized carbons (Fsp3) is 0.406. The Hall–Kier alpha value is -3.80. The number of benzene rings is 1. The average Bonchev–Trinajstić information content (AvgIpc) is 3.60. The topological polar surface area (TPSA) is 99.7 Å². The highest BCUT2D eigenvalue weighted by molar-refractivity contribution is 7.95. The Bertz CT molecular complexity index is 1710. The predicted octanol–water partition coefficient (Wildman–Crippen LogP) is 5.03. The van der Waals surface area contributed by atoms with Crippen LogP contribution in [0.4, 0.5) is 5.69 Å². The second kappa shape index (κ2) is 13.2. The molecule has 11 heteroatoms. The van der Waals surface area contributed by atoms with Gasteiger partial charge in [-0.1, -0.05) is 0 Å². The first-order valence-electron chi connectivity index (χ1n) is 14.2. The Kier molecular flexibility index (Phi) is 9.43. The molecule has 228 valence electrons. The molecule has 0 saturated heterocycles. The number of aromatic nitrogens is 5. The summed E-state index contributed by atoms with van der Waals surface area (Å²) in [6.45, 7) is 5.80. The number of aliphatic hydroxyl groups is 1. The summed E-state index contributed by atoms with van der Waals surface area (Å²) in [6, 6.07) is 10.1. The number of pyridine rings is 2. The SMILES string of the molecule is COc1ccc(CN(C)c2cc(-c3cn(C(C)C)c4ncc(CO)cc34)nc3c2ncn3COCC[S+](C)C)c(OC)c1. The summed E-state index contributed by atoms with van der Waals surface area (Å²) in [5.74, 6) is 2.51. The lowest BCUT2D eigenvalue weighted by Gasteiger charge is -2.22. The molecule has 5 rings (SSSR count). The number of rotatable bonds is 13. The molecule has 4 heterocycles. The van der Waals surface area contributed by atoms with Crippen molar-refractivity contribution in [1.82, 2.24) is 24.1 Å². The van der Waals surface area contributed by atoms with Gasteiger partial charge in [0.05, 0.1) is 57.7 Å². The molecule has 0 saturated carbocycles. The maximum absolute atomic E-state index is 9.88. The summed E-state index contributed by atoms with van der Waals surface area (Å²) in [5.41, 5.74) is 6.82. The maximum atomic E-state index is 9.88. The zero-order valence-corrected chi connectivity index (χ0v) is 26.8. The number of hydrogen-bond donors (Lipinski definition) is 1. The van der Waals surface area contributed by atoms with Crippen LogP contribution in [0, 0.1) is 0 Å². The molecule has 0 aliphatic rings. The standard InChI is InChI=1S/C32H41N6O4S/c1-21(2)38-17-26(25-12-22(18-39)15-33-31(25)38)27-14-28(36(3)16-23-8-9-24(40-4)13-29(23)41-5)30-32(35-27)37(19-34-30)20-42-10-11-43(6)7/h8-9,12-15,17,19,21,39H,10-11,16,18,20H2,1-7H3/q+1. The smallest absolute Gasteiger partial charge is 0.164 e. The molecule has 4 aromatic heterocycles. The van der Waals surface area contributed by atoms with Crippen molar-refractivity contribution in [2.45, 2.75) is 39.8 Å². The van der Waals surface area contributed by atoms with Crippen LogP contribution in [0.2, 0.25) is 0 Å². The van der Waals surface area contributed by atoms with Crippen LogP contribution in [0.1, 0.15) is 31.0 Å². The second-order valence-corrected chi connectivity index (χ2v) is 13.5.